The Kier molecular flexibility index (Phi) is 4.29. The van der Waals surface area contributed by atoms with E-state index in [4.69, 9.17) is 0 Å². The number of carbonyl (C=O) groups is 1. The molecule has 0 aliphatic carbocycles. The summed E-state index contributed by atoms with van der Waals surface area (Å²) in [4.78, 5) is 15.8. The first-order valence-corrected chi connectivity index (χ1v) is 6.45. The Bertz CT molecular complexity index is 532. The Morgan fingerprint density at radius 1 is 1.16 bits per heavy atom. The van der Waals surface area contributed by atoms with Crippen LogP contribution >= 0.6 is 0 Å². The number of anilines is 1. The van der Waals surface area contributed by atoms with Crippen LogP contribution in [0.15, 0.2) is 48.8 Å². The molecule has 1 N–H and O–H groups in total. The molecule has 1 amide bonds. The third kappa shape index (κ3) is 3.91. The van der Waals surface area contributed by atoms with Gasteiger partial charge in [0.1, 0.15) is 0 Å². The maximum absolute atomic E-state index is 11.7. The SMILES string of the molecule is CC(C)CC(=O)Nc1ccc(-c2cccnc2)cc1. The Morgan fingerprint density at radius 2 is 1.89 bits per heavy atom. The maximum atomic E-state index is 11.7. The summed E-state index contributed by atoms with van der Waals surface area (Å²) in [6.07, 6.45) is 4.13. The Hall–Kier alpha value is -2.16. The highest BCUT2D eigenvalue weighted by molar-refractivity contribution is 5.91. The summed E-state index contributed by atoms with van der Waals surface area (Å²) in [5.74, 6) is 0.429. The van der Waals surface area contributed by atoms with Crippen LogP contribution in [0.1, 0.15) is 20.3 Å². The van der Waals surface area contributed by atoms with Gasteiger partial charge in [-0.15, -0.1) is 0 Å². The lowest BCUT2D eigenvalue weighted by atomic mass is 10.1. The summed E-state index contributed by atoms with van der Waals surface area (Å²) in [5.41, 5.74) is 3.00. The lowest BCUT2D eigenvalue weighted by Crippen LogP contribution is -2.13. The van der Waals surface area contributed by atoms with Crippen LogP contribution in [0.5, 0.6) is 0 Å². The molecule has 98 valence electrons. The number of hydrogen-bond acceptors (Lipinski definition) is 2. The van der Waals surface area contributed by atoms with Crippen molar-refractivity contribution in [2.24, 2.45) is 5.92 Å². The second-order valence-electron chi connectivity index (χ2n) is 4.97. The number of aromatic nitrogens is 1. The summed E-state index contributed by atoms with van der Waals surface area (Å²) in [7, 11) is 0. The van der Waals surface area contributed by atoms with Crippen LogP contribution in [0.2, 0.25) is 0 Å². The van der Waals surface area contributed by atoms with Gasteiger partial charge in [0, 0.05) is 24.5 Å². The van der Waals surface area contributed by atoms with Crippen LogP contribution in [-0.2, 0) is 4.79 Å². The van der Waals surface area contributed by atoms with Gasteiger partial charge in [-0.3, -0.25) is 9.78 Å². The van der Waals surface area contributed by atoms with Crippen molar-refractivity contribution in [2.75, 3.05) is 5.32 Å². The van der Waals surface area contributed by atoms with Crippen molar-refractivity contribution in [3.63, 3.8) is 0 Å². The van der Waals surface area contributed by atoms with Gasteiger partial charge in [-0.2, -0.15) is 0 Å². The summed E-state index contributed by atoms with van der Waals surface area (Å²) in [6, 6.07) is 11.7. The molecular weight excluding hydrogens is 236 g/mol. The monoisotopic (exact) mass is 254 g/mol. The fraction of sp³-hybridized carbons (Fsp3) is 0.250. The van der Waals surface area contributed by atoms with Gasteiger partial charge in [0.25, 0.3) is 0 Å². The normalized spacial score (nSPS) is 10.5. The zero-order chi connectivity index (χ0) is 13.7. The number of benzene rings is 1. The van der Waals surface area contributed by atoms with Crippen LogP contribution in [-0.4, -0.2) is 10.9 Å². The third-order valence-electron chi connectivity index (χ3n) is 2.76. The van der Waals surface area contributed by atoms with Gasteiger partial charge >= 0.3 is 0 Å². The van der Waals surface area contributed by atoms with Gasteiger partial charge in [-0.1, -0.05) is 32.0 Å². The maximum Gasteiger partial charge on any atom is 0.224 e. The first kappa shape index (κ1) is 13.3. The van der Waals surface area contributed by atoms with E-state index in [9.17, 15) is 4.79 Å². The van der Waals surface area contributed by atoms with Gasteiger partial charge in [0.15, 0.2) is 0 Å². The van der Waals surface area contributed by atoms with Crippen molar-refractivity contribution < 1.29 is 4.79 Å². The number of nitrogens with zero attached hydrogens (tertiary/aromatic N) is 1. The van der Waals surface area contributed by atoms with E-state index in [-0.39, 0.29) is 5.91 Å². The average Bonchev–Trinajstić information content (AvgIpc) is 2.39. The van der Waals surface area contributed by atoms with Gasteiger partial charge < -0.3 is 5.32 Å². The van der Waals surface area contributed by atoms with Crippen LogP contribution < -0.4 is 5.32 Å². The van der Waals surface area contributed by atoms with Crippen LogP contribution in [0.25, 0.3) is 11.1 Å². The Balaban J connectivity index is 2.05. The molecule has 3 nitrogen and oxygen atoms in total. The smallest absolute Gasteiger partial charge is 0.224 e. The van der Waals surface area contributed by atoms with Crippen molar-refractivity contribution in [3.05, 3.63) is 48.8 Å². The van der Waals surface area contributed by atoms with E-state index < -0.39 is 0 Å². The largest absolute Gasteiger partial charge is 0.326 e. The lowest BCUT2D eigenvalue weighted by Gasteiger charge is -2.08. The lowest BCUT2D eigenvalue weighted by molar-refractivity contribution is -0.116. The van der Waals surface area contributed by atoms with Crippen LogP contribution in [0.3, 0.4) is 0 Å². The van der Waals surface area contributed by atoms with E-state index in [0.29, 0.717) is 12.3 Å². The van der Waals surface area contributed by atoms with Gasteiger partial charge in [-0.05, 0) is 35.2 Å². The predicted octanol–water partition coefficient (Wildman–Crippen LogP) is 3.73. The quantitative estimate of drug-likeness (QED) is 0.903. The van der Waals surface area contributed by atoms with Gasteiger partial charge in [-0.25, -0.2) is 0 Å². The van der Waals surface area contributed by atoms with Gasteiger partial charge in [0.05, 0.1) is 0 Å². The molecule has 1 aromatic carbocycles. The minimum absolute atomic E-state index is 0.0594. The number of carbonyl (C=O) groups excluding carboxylic acids is 1. The molecule has 0 unspecified atom stereocenters. The molecule has 0 saturated carbocycles. The standard InChI is InChI=1S/C16H18N2O/c1-12(2)10-16(19)18-15-7-5-13(6-8-15)14-4-3-9-17-11-14/h3-9,11-12H,10H2,1-2H3,(H,18,19). The molecule has 19 heavy (non-hydrogen) atoms. The summed E-state index contributed by atoms with van der Waals surface area (Å²) in [6.45, 7) is 4.07. The van der Waals surface area contributed by atoms with Crippen molar-refractivity contribution in [2.45, 2.75) is 20.3 Å². The fourth-order valence-electron chi connectivity index (χ4n) is 1.86. The van der Waals surface area contributed by atoms with Crippen LogP contribution in [0.4, 0.5) is 5.69 Å². The number of rotatable bonds is 4. The molecule has 0 fully saturated rings. The van der Waals surface area contributed by atoms with Crippen molar-refractivity contribution in [1.29, 1.82) is 0 Å². The van der Waals surface area contributed by atoms with E-state index in [0.717, 1.165) is 16.8 Å². The number of pyridine rings is 1. The first-order valence-electron chi connectivity index (χ1n) is 6.45. The van der Waals surface area contributed by atoms with E-state index in [1.165, 1.54) is 0 Å². The minimum Gasteiger partial charge on any atom is -0.326 e. The Morgan fingerprint density at radius 3 is 2.47 bits per heavy atom. The molecular formula is C16H18N2O. The van der Waals surface area contributed by atoms with Crippen LogP contribution in [0, 0.1) is 5.92 Å². The second kappa shape index (κ2) is 6.14. The fourth-order valence-corrected chi connectivity index (χ4v) is 1.86. The average molecular weight is 254 g/mol. The molecule has 0 saturated heterocycles. The molecule has 0 radical (unpaired) electrons. The summed E-state index contributed by atoms with van der Waals surface area (Å²) < 4.78 is 0. The highest BCUT2D eigenvalue weighted by Gasteiger charge is 2.05. The summed E-state index contributed by atoms with van der Waals surface area (Å²) >= 11 is 0. The predicted molar refractivity (Wildman–Crippen MR) is 77.8 cm³/mol. The number of nitrogens with one attached hydrogen (secondary N) is 1. The van der Waals surface area contributed by atoms with E-state index in [1.54, 1.807) is 6.20 Å². The van der Waals surface area contributed by atoms with E-state index in [2.05, 4.69) is 10.3 Å². The Labute approximate surface area is 113 Å². The highest BCUT2D eigenvalue weighted by atomic mass is 16.1. The van der Waals surface area contributed by atoms with Crippen molar-refractivity contribution >= 4 is 11.6 Å². The summed E-state index contributed by atoms with van der Waals surface area (Å²) in [5, 5.41) is 2.90. The number of amides is 1. The molecule has 3 heteroatoms. The topological polar surface area (TPSA) is 42.0 Å². The molecule has 2 rings (SSSR count). The molecule has 0 atom stereocenters. The third-order valence-corrected chi connectivity index (χ3v) is 2.76. The zero-order valence-electron chi connectivity index (χ0n) is 11.3. The highest BCUT2D eigenvalue weighted by Crippen LogP contribution is 2.20. The van der Waals surface area contributed by atoms with E-state index in [1.807, 2.05) is 56.4 Å². The zero-order valence-corrected chi connectivity index (χ0v) is 11.3. The van der Waals surface area contributed by atoms with Crippen molar-refractivity contribution in [1.82, 2.24) is 4.98 Å². The van der Waals surface area contributed by atoms with E-state index >= 15 is 0 Å². The molecule has 1 heterocycles. The van der Waals surface area contributed by atoms with Crippen molar-refractivity contribution in [3.8, 4) is 11.1 Å². The first-order chi connectivity index (χ1) is 9.15. The minimum atomic E-state index is 0.0594. The molecule has 2 aromatic rings. The molecule has 0 aliphatic heterocycles. The van der Waals surface area contributed by atoms with Gasteiger partial charge in [0.2, 0.25) is 5.91 Å². The molecule has 0 bridgehead atoms. The number of hydrogen-bond donors (Lipinski definition) is 1. The molecule has 0 aliphatic rings. The molecule has 0 spiro atoms. The molecule has 1 aromatic heterocycles. The second-order valence-corrected chi connectivity index (χ2v) is 4.97.